The first-order valence-corrected chi connectivity index (χ1v) is 7.68. The number of rotatable bonds is 8. The smallest absolute Gasteiger partial charge is 0.310 e. The average Bonchev–Trinajstić information content (AvgIpc) is 2.24. The molecular formula is C11H22N2O5S. The Bertz CT molecular complexity index is 430. The molecule has 19 heavy (non-hydrogen) atoms. The van der Waals surface area contributed by atoms with Crippen LogP contribution in [0, 0.1) is 5.41 Å². The molecule has 0 rings (SSSR count). The summed E-state index contributed by atoms with van der Waals surface area (Å²) in [6, 6.07) is -0.929. The van der Waals surface area contributed by atoms with Crippen LogP contribution in [-0.4, -0.2) is 43.7 Å². The van der Waals surface area contributed by atoms with Crippen LogP contribution < -0.4 is 10.0 Å². The first-order chi connectivity index (χ1) is 8.52. The second-order valence-electron chi connectivity index (χ2n) is 5.07. The maximum Gasteiger partial charge on any atom is 0.310 e. The van der Waals surface area contributed by atoms with E-state index in [1.165, 1.54) is 20.8 Å². The number of carboxylic acid groups (broad SMARTS) is 1. The third-order valence-electron chi connectivity index (χ3n) is 2.51. The lowest BCUT2D eigenvalue weighted by Crippen LogP contribution is -2.48. The minimum absolute atomic E-state index is 0.0504. The molecule has 0 saturated heterocycles. The molecule has 112 valence electrons. The molecular weight excluding hydrogens is 272 g/mol. The van der Waals surface area contributed by atoms with Crippen LogP contribution in [0.4, 0.5) is 0 Å². The summed E-state index contributed by atoms with van der Waals surface area (Å²) in [5, 5.41) is 11.3. The molecule has 0 aromatic rings. The van der Waals surface area contributed by atoms with E-state index in [0.717, 1.165) is 0 Å². The topological polar surface area (TPSA) is 113 Å². The van der Waals surface area contributed by atoms with Crippen molar-refractivity contribution in [1.29, 1.82) is 0 Å². The fourth-order valence-corrected chi connectivity index (χ4v) is 2.49. The first-order valence-electron chi connectivity index (χ1n) is 6.03. The van der Waals surface area contributed by atoms with E-state index in [4.69, 9.17) is 5.11 Å². The summed E-state index contributed by atoms with van der Waals surface area (Å²) in [4.78, 5) is 22.5. The second-order valence-corrected chi connectivity index (χ2v) is 6.94. The predicted octanol–water partition coefficient (Wildman–Crippen LogP) is -0.0687. The van der Waals surface area contributed by atoms with Crippen LogP contribution in [0.2, 0.25) is 0 Å². The van der Waals surface area contributed by atoms with Crippen molar-refractivity contribution >= 4 is 21.9 Å². The Kier molecular flexibility index (Phi) is 6.44. The number of amides is 1. The van der Waals surface area contributed by atoms with E-state index in [2.05, 4.69) is 10.0 Å². The monoisotopic (exact) mass is 294 g/mol. The number of hydrogen-bond donors (Lipinski definition) is 3. The molecule has 0 bridgehead atoms. The molecule has 0 aliphatic carbocycles. The van der Waals surface area contributed by atoms with Gasteiger partial charge in [0, 0.05) is 6.54 Å². The normalized spacial score (nSPS) is 13.9. The highest BCUT2D eigenvalue weighted by molar-refractivity contribution is 7.89. The lowest BCUT2D eigenvalue weighted by atomic mass is 9.94. The van der Waals surface area contributed by atoms with Crippen LogP contribution in [0.3, 0.4) is 0 Å². The molecule has 8 heteroatoms. The fraction of sp³-hybridized carbons (Fsp3) is 0.818. The zero-order valence-electron chi connectivity index (χ0n) is 11.7. The minimum atomic E-state index is -3.47. The van der Waals surface area contributed by atoms with Gasteiger partial charge in [0.15, 0.2) is 0 Å². The predicted molar refractivity (Wildman–Crippen MR) is 71.1 cm³/mol. The molecule has 1 amide bonds. The first kappa shape index (κ1) is 17.8. The van der Waals surface area contributed by atoms with Gasteiger partial charge in [-0.25, -0.2) is 13.1 Å². The third kappa shape index (κ3) is 6.53. The second kappa shape index (κ2) is 6.85. The fourth-order valence-electron chi connectivity index (χ4n) is 1.19. The molecule has 7 nitrogen and oxygen atoms in total. The Morgan fingerprint density at radius 3 is 2.26 bits per heavy atom. The van der Waals surface area contributed by atoms with Gasteiger partial charge in [0.2, 0.25) is 15.9 Å². The van der Waals surface area contributed by atoms with Gasteiger partial charge in [-0.1, -0.05) is 6.92 Å². The van der Waals surface area contributed by atoms with Gasteiger partial charge < -0.3 is 10.4 Å². The van der Waals surface area contributed by atoms with Gasteiger partial charge >= 0.3 is 5.97 Å². The summed E-state index contributed by atoms with van der Waals surface area (Å²) in [7, 11) is -3.47. The quantitative estimate of drug-likeness (QED) is 0.580. The molecule has 3 N–H and O–H groups in total. The molecule has 0 aliphatic rings. The number of nitrogens with one attached hydrogen (secondary N) is 2. The molecule has 0 radical (unpaired) electrons. The number of carbonyl (C=O) groups excluding carboxylic acids is 1. The van der Waals surface area contributed by atoms with E-state index in [-0.39, 0.29) is 12.3 Å². The largest absolute Gasteiger partial charge is 0.481 e. The Morgan fingerprint density at radius 1 is 1.32 bits per heavy atom. The van der Waals surface area contributed by atoms with Gasteiger partial charge in [0.05, 0.1) is 17.2 Å². The highest BCUT2D eigenvalue weighted by Crippen LogP contribution is 2.13. The molecule has 0 aromatic heterocycles. The highest BCUT2D eigenvalue weighted by Gasteiger charge is 2.29. The van der Waals surface area contributed by atoms with Gasteiger partial charge in [-0.05, 0) is 27.2 Å². The van der Waals surface area contributed by atoms with Crippen LogP contribution in [0.1, 0.15) is 34.1 Å². The Hall–Kier alpha value is -1.15. The van der Waals surface area contributed by atoms with E-state index in [1.807, 2.05) is 0 Å². The lowest BCUT2D eigenvalue weighted by molar-refractivity contribution is -0.146. The number of sulfonamides is 1. The number of carbonyl (C=O) groups is 2. The van der Waals surface area contributed by atoms with Crippen molar-refractivity contribution in [1.82, 2.24) is 10.0 Å². The minimum Gasteiger partial charge on any atom is -0.481 e. The van der Waals surface area contributed by atoms with Gasteiger partial charge in [-0.2, -0.15) is 0 Å². The molecule has 0 fully saturated rings. The average molecular weight is 294 g/mol. The van der Waals surface area contributed by atoms with Crippen molar-refractivity contribution in [3.8, 4) is 0 Å². The summed E-state index contributed by atoms with van der Waals surface area (Å²) in [6.07, 6.45) is 0.454. The number of hydrogen-bond acceptors (Lipinski definition) is 4. The molecule has 0 aliphatic heterocycles. The van der Waals surface area contributed by atoms with Crippen LogP contribution >= 0.6 is 0 Å². The van der Waals surface area contributed by atoms with Crippen molar-refractivity contribution in [2.45, 2.75) is 40.2 Å². The lowest BCUT2D eigenvalue weighted by Gasteiger charge is -2.21. The van der Waals surface area contributed by atoms with Crippen molar-refractivity contribution in [3.05, 3.63) is 0 Å². The van der Waals surface area contributed by atoms with Crippen molar-refractivity contribution < 1.29 is 23.1 Å². The molecule has 0 aromatic carbocycles. The van der Waals surface area contributed by atoms with Crippen LogP contribution in [0.15, 0.2) is 0 Å². The van der Waals surface area contributed by atoms with E-state index in [0.29, 0.717) is 6.42 Å². The Morgan fingerprint density at radius 2 is 1.84 bits per heavy atom. The van der Waals surface area contributed by atoms with Gasteiger partial charge in [-0.3, -0.25) is 9.59 Å². The van der Waals surface area contributed by atoms with Crippen molar-refractivity contribution in [3.63, 3.8) is 0 Å². The summed E-state index contributed by atoms with van der Waals surface area (Å²) in [5.74, 6) is -1.63. The van der Waals surface area contributed by atoms with Gasteiger partial charge in [-0.15, -0.1) is 0 Å². The third-order valence-corrected chi connectivity index (χ3v) is 4.16. The van der Waals surface area contributed by atoms with Gasteiger partial charge in [0.25, 0.3) is 0 Å². The summed E-state index contributed by atoms with van der Waals surface area (Å²) in [6.45, 7) is 6.01. The van der Waals surface area contributed by atoms with E-state index in [9.17, 15) is 18.0 Å². The SMILES string of the molecule is CCCS(=O)(=O)NC(C)C(=O)NCC(C)(C)C(=O)O. The van der Waals surface area contributed by atoms with Gasteiger partial charge in [0.1, 0.15) is 0 Å². The van der Waals surface area contributed by atoms with Crippen molar-refractivity contribution in [2.24, 2.45) is 5.41 Å². The number of carboxylic acids is 1. The van der Waals surface area contributed by atoms with Crippen LogP contribution in [-0.2, 0) is 19.6 Å². The zero-order chi connectivity index (χ0) is 15.3. The zero-order valence-corrected chi connectivity index (χ0v) is 12.5. The summed E-state index contributed by atoms with van der Waals surface area (Å²) >= 11 is 0. The van der Waals surface area contributed by atoms with Crippen LogP contribution in [0.25, 0.3) is 0 Å². The van der Waals surface area contributed by atoms with E-state index in [1.54, 1.807) is 6.92 Å². The maximum atomic E-state index is 11.7. The Labute approximate surface area is 113 Å². The standard InChI is InChI=1S/C11H22N2O5S/c1-5-6-19(17,18)13-8(2)9(14)12-7-11(3,4)10(15)16/h8,13H,5-7H2,1-4H3,(H,12,14)(H,15,16). The molecule has 0 saturated carbocycles. The summed E-state index contributed by atoms with van der Waals surface area (Å²) < 4.78 is 25.2. The van der Waals surface area contributed by atoms with Crippen LogP contribution in [0.5, 0.6) is 0 Å². The maximum absolute atomic E-state index is 11.7. The molecule has 0 spiro atoms. The molecule has 1 atom stereocenters. The highest BCUT2D eigenvalue weighted by atomic mass is 32.2. The van der Waals surface area contributed by atoms with E-state index < -0.39 is 33.4 Å². The van der Waals surface area contributed by atoms with E-state index >= 15 is 0 Å². The van der Waals surface area contributed by atoms with Crippen molar-refractivity contribution in [2.75, 3.05) is 12.3 Å². The molecule has 1 unspecified atom stereocenters. The summed E-state index contributed by atoms with van der Waals surface area (Å²) in [5.41, 5.74) is -1.10. The number of aliphatic carboxylic acids is 1. The molecule has 0 heterocycles. The Balaban J connectivity index is 4.41.